The van der Waals surface area contributed by atoms with Crippen LogP contribution >= 0.6 is 0 Å². The first kappa shape index (κ1) is 15.2. The Labute approximate surface area is 117 Å². The molecule has 2 aliphatic carbocycles. The molecule has 114 valence electrons. The number of amides is 1. The highest BCUT2D eigenvalue weighted by atomic mass is 19.3. The van der Waals surface area contributed by atoms with Crippen LogP contribution in [0.5, 0.6) is 0 Å². The minimum atomic E-state index is -2.64. The van der Waals surface area contributed by atoms with Crippen LogP contribution in [0.4, 0.5) is 8.78 Å². The average Bonchev–Trinajstić information content (AvgIpc) is 3.17. The molecule has 2 saturated carbocycles. The molecule has 0 aromatic rings. The molecule has 0 aliphatic heterocycles. The molecule has 0 saturated heterocycles. The molecule has 0 bridgehead atoms. The van der Waals surface area contributed by atoms with E-state index < -0.39 is 11.9 Å². The van der Waals surface area contributed by atoms with E-state index in [9.17, 15) is 18.4 Å². The van der Waals surface area contributed by atoms with Gasteiger partial charge in [-0.15, -0.1) is 0 Å². The molecule has 2 rings (SSSR count). The second-order valence-electron chi connectivity index (χ2n) is 6.00. The summed E-state index contributed by atoms with van der Waals surface area (Å²) in [7, 11) is 0. The van der Waals surface area contributed by atoms with Gasteiger partial charge in [-0.1, -0.05) is 0 Å². The molecule has 1 amide bonds. The van der Waals surface area contributed by atoms with Gasteiger partial charge in [-0.3, -0.25) is 9.59 Å². The van der Waals surface area contributed by atoms with E-state index in [0.717, 1.165) is 12.8 Å². The number of rotatable bonds is 6. The molecule has 1 N–H and O–H groups in total. The molecule has 0 radical (unpaired) electrons. The maximum absolute atomic E-state index is 13.1. The van der Waals surface area contributed by atoms with Gasteiger partial charge in [0.15, 0.2) is 0 Å². The SMILES string of the molecule is O=C(O)CCN(CC1CC1)C(=O)C1CCC(F)(F)CC1. The van der Waals surface area contributed by atoms with Gasteiger partial charge >= 0.3 is 5.97 Å². The topological polar surface area (TPSA) is 57.6 Å². The minimum Gasteiger partial charge on any atom is -0.481 e. The Bertz CT molecular complexity index is 373. The van der Waals surface area contributed by atoms with E-state index in [0.29, 0.717) is 12.5 Å². The highest BCUT2D eigenvalue weighted by Crippen LogP contribution is 2.37. The van der Waals surface area contributed by atoms with Crippen LogP contribution in [-0.2, 0) is 9.59 Å². The summed E-state index contributed by atoms with van der Waals surface area (Å²) < 4.78 is 26.2. The Morgan fingerprint density at radius 2 is 1.75 bits per heavy atom. The Morgan fingerprint density at radius 3 is 2.25 bits per heavy atom. The van der Waals surface area contributed by atoms with Crippen LogP contribution < -0.4 is 0 Å². The summed E-state index contributed by atoms with van der Waals surface area (Å²) in [4.78, 5) is 24.6. The van der Waals surface area contributed by atoms with E-state index >= 15 is 0 Å². The summed E-state index contributed by atoms with van der Waals surface area (Å²) in [6.45, 7) is 0.774. The predicted molar refractivity (Wildman–Crippen MR) is 68.5 cm³/mol. The van der Waals surface area contributed by atoms with Crippen molar-refractivity contribution in [1.82, 2.24) is 4.90 Å². The molecule has 0 heterocycles. The fraction of sp³-hybridized carbons (Fsp3) is 0.857. The lowest BCUT2D eigenvalue weighted by atomic mass is 9.86. The van der Waals surface area contributed by atoms with Crippen molar-refractivity contribution in [3.63, 3.8) is 0 Å². The standard InChI is InChI=1S/C14H21F2NO3/c15-14(16)6-3-11(4-7-14)13(20)17(8-5-12(18)19)9-10-1-2-10/h10-11H,1-9H2,(H,18,19). The van der Waals surface area contributed by atoms with Crippen molar-refractivity contribution >= 4 is 11.9 Å². The van der Waals surface area contributed by atoms with Gasteiger partial charge < -0.3 is 10.0 Å². The Morgan fingerprint density at radius 1 is 1.15 bits per heavy atom. The molecular weight excluding hydrogens is 268 g/mol. The van der Waals surface area contributed by atoms with E-state index in [2.05, 4.69) is 0 Å². The van der Waals surface area contributed by atoms with Crippen LogP contribution in [-0.4, -0.2) is 40.9 Å². The molecule has 6 heteroatoms. The van der Waals surface area contributed by atoms with Gasteiger partial charge in [0.25, 0.3) is 0 Å². The largest absolute Gasteiger partial charge is 0.481 e. The van der Waals surface area contributed by atoms with E-state index in [1.165, 1.54) is 0 Å². The van der Waals surface area contributed by atoms with Crippen LogP contribution in [0.3, 0.4) is 0 Å². The van der Waals surface area contributed by atoms with Crippen LogP contribution in [0.25, 0.3) is 0 Å². The highest BCUT2D eigenvalue weighted by Gasteiger charge is 2.39. The second kappa shape index (κ2) is 6.06. The normalized spacial score (nSPS) is 22.5. The minimum absolute atomic E-state index is 0.0820. The number of carboxylic acids is 1. The van der Waals surface area contributed by atoms with Crippen molar-refractivity contribution in [1.29, 1.82) is 0 Å². The number of carbonyl (C=O) groups is 2. The van der Waals surface area contributed by atoms with Crippen LogP contribution in [0, 0.1) is 11.8 Å². The maximum atomic E-state index is 13.1. The number of carbonyl (C=O) groups excluding carboxylic acids is 1. The Balaban J connectivity index is 1.89. The molecule has 4 nitrogen and oxygen atoms in total. The van der Waals surface area contributed by atoms with E-state index in [-0.39, 0.29) is 50.5 Å². The molecule has 20 heavy (non-hydrogen) atoms. The zero-order valence-electron chi connectivity index (χ0n) is 11.5. The summed E-state index contributed by atoms with van der Waals surface area (Å²) in [5.41, 5.74) is 0. The predicted octanol–water partition coefficient (Wildman–Crippen LogP) is 2.53. The lowest BCUT2D eigenvalue weighted by Crippen LogP contribution is -2.41. The van der Waals surface area contributed by atoms with E-state index in [4.69, 9.17) is 5.11 Å². The van der Waals surface area contributed by atoms with Crippen LogP contribution in [0.1, 0.15) is 44.9 Å². The summed E-state index contributed by atoms with van der Waals surface area (Å²) in [5.74, 6) is -3.60. The number of alkyl halides is 2. The maximum Gasteiger partial charge on any atom is 0.305 e. The van der Waals surface area contributed by atoms with Crippen molar-refractivity contribution < 1.29 is 23.5 Å². The molecule has 0 aromatic heterocycles. The van der Waals surface area contributed by atoms with E-state index in [1.54, 1.807) is 4.90 Å². The van der Waals surface area contributed by atoms with Crippen LogP contribution in [0.15, 0.2) is 0 Å². The van der Waals surface area contributed by atoms with Crippen molar-refractivity contribution in [3.05, 3.63) is 0 Å². The molecule has 2 aliphatic rings. The fourth-order valence-corrected chi connectivity index (χ4v) is 2.68. The summed E-state index contributed by atoms with van der Waals surface area (Å²) in [6.07, 6.45) is 2.00. The van der Waals surface area contributed by atoms with Gasteiger partial charge in [0.2, 0.25) is 11.8 Å². The third kappa shape index (κ3) is 4.42. The first-order valence-electron chi connectivity index (χ1n) is 7.26. The number of aliphatic carboxylic acids is 1. The summed E-state index contributed by atoms with van der Waals surface area (Å²) in [5, 5.41) is 8.74. The second-order valence-corrected chi connectivity index (χ2v) is 6.00. The highest BCUT2D eigenvalue weighted by molar-refractivity contribution is 5.79. The Kier molecular flexibility index (Phi) is 4.60. The van der Waals surface area contributed by atoms with Gasteiger partial charge in [0.1, 0.15) is 0 Å². The molecule has 0 aromatic carbocycles. The van der Waals surface area contributed by atoms with Crippen molar-refractivity contribution in [2.75, 3.05) is 13.1 Å². The van der Waals surface area contributed by atoms with Crippen LogP contribution in [0.2, 0.25) is 0 Å². The summed E-state index contributed by atoms with van der Waals surface area (Å²) >= 11 is 0. The number of hydrogen-bond donors (Lipinski definition) is 1. The molecule has 0 unspecified atom stereocenters. The third-order valence-electron chi connectivity index (χ3n) is 4.15. The van der Waals surface area contributed by atoms with Gasteiger partial charge in [-0.25, -0.2) is 8.78 Å². The quantitative estimate of drug-likeness (QED) is 0.817. The van der Waals surface area contributed by atoms with Gasteiger partial charge in [-0.2, -0.15) is 0 Å². The summed E-state index contributed by atoms with van der Waals surface area (Å²) in [6, 6.07) is 0. The molecule has 2 fully saturated rings. The van der Waals surface area contributed by atoms with Crippen molar-refractivity contribution in [3.8, 4) is 0 Å². The van der Waals surface area contributed by atoms with Gasteiger partial charge in [0.05, 0.1) is 6.42 Å². The molecular formula is C14H21F2NO3. The number of nitrogens with zero attached hydrogens (tertiary/aromatic N) is 1. The van der Waals surface area contributed by atoms with Gasteiger partial charge in [0, 0.05) is 31.8 Å². The number of carboxylic acid groups (broad SMARTS) is 1. The van der Waals surface area contributed by atoms with Crippen molar-refractivity contribution in [2.45, 2.75) is 50.9 Å². The first-order chi connectivity index (χ1) is 9.37. The monoisotopic (exact) mass is 289 g/mol. The van der Waals surface area contributed by atoms with Gasteiger partial charge in [-0.05, 0) is 31.6 Å². The number of hydrogen-bond acceptors (Lipinski definition) is 2. The Hall–Kier alpha value is -1.20. The number of halogens is 2. The fourth-order valence-electron chi connectivity index (χ4n) is 2.68. The zero-order valence-corrected chi connectivity index (χ0v) is 11.5. The van der Waals surface area contributed by atoms with E-state index in [1.807, 2.05) is 0 Å². The molecule has 0 atom stereocenters. The lowest BCUT2D eigenvalue weighted by molar-refractivity contribution is -0.142. The first-order valence-corrected chi connectivity index (χ1v) is 7.26. The van der Waals surface area contributed by atoms with Crippen molar-refractivity contribution in [2.24, 2.45) is 11.8 Å². The zero-order chi connectivity index (χ0) is 14.8. The lowest BCUT2D eigenvalue weighted by Gasteiger charge is -2.32. The molecule has 0 spiro atoms. The average molecular weight is 289 g/mol. The smallest absolute Gasteiger partial charge is 0.305 e. The third-order valence-corrected chi connectivity index (χ3v) is 4.15.